The van der Waals surface area contributed by atoms with Crippen molar-refractivity contribution in [3.8, 4) is 0 Å². The smallest absolute Gasteiger partial charge is 0.326 e. The predicted octanol–water partition coefficient (Wildman–Crippen LogP) is 0.234. The molecule has 0 aromatic heterocycles. The normalized spacial score (nSPS) is 12.3. The van der Waals surface area contributed by atoms with Crippen molar-refractivity contribution in [3.63, 3.8) is 0 Å². The maximum absolute atomic E-state index is 11.5. The topological polar surface area (TPSA) is 113 Å². The molecule has 6 nitrogen and oxygen atoms in total. The zero-order chi connectivity index (χ0) is 14.3. The van der Waals surface area contributed by atoms with Gasteiger partial charge in [0.2, 0.25) is 5.91 Å². The van der Waals surface area contributed by atoms with E-state index in [9.17, 15) is 9.59 Å². The SMILES string of the molecule is Nc1cccc(/C=C/C(=O)NC(CCO)C(=O)O)c1. The number of aliphatic hydroxyl groups excluding tert-OH is 1. The molecule has 5 N–H and O–H groups in total. The summed E-state index contributed by atoms with van der Waals surface area (Å²) >= 11 is 0. The molecule has 19 heavy (non-hydrogen) atoms. The molecule has 0 radical (unpaired) electrons. The molecule has 0 aliphatic heterocycles. The Labute approximate surface area is 110 Å². The van der Waals surface area contributed by atoms with Crippen molar-refractivity contribution in [2.45, 2.75) is 12.5 Å². The van der Waals surface area contributed by atoms with Crippen LogP contribution in [0, 0.1) is 0 Å². The second-order valence-electron chi connectivity index (χ2n) is 3.92. The summed E-state index contributed by atoms with van der Waals surface area (Å²) in [6.45, 7) is -0.309. The standard InChI is InChI=1S/C13H16N2O4/c14-10-3-1-2-9(8-10)4-5-12(17)15-11(6-7-16)13(18)19/h1-5,8,11,16H,6-7,14H2,(H,15,17)(H,18,19)/b5-4+. The van der Waals surface area contributed by atoms with Gasteiger partial charge in [-0.15, -0.1) is 0 Å². The molecule has 102 valence electrons. The third-order valence-electron chi connectivity index (χ3n) is 2.37. The molecule has 1 unspecified atom stereocenters. The molecule has 0 bridgehead atoms. The third kappa shape index (κ3) is 5.22. The van der Waals surface area contributed by atoms with E-state index in [1.54, 1.807) is 24.3 Å². The highest BCUT2D eigenvalue weighted by Gasteiger charge is 2.17. The number of benzene rings is 1. The number of hydrogen-bond acceptors (Lipinski definition) is 4. The van der Waals surface area contributed by atoms with Gasteiger partial charge in [0.25, 0.3) is 0 Å². The van der Waals surface area contributed by atoms with E-state index < -0.39 is 17.9 Å². The van der Waals surface area contributed by atoms with Crippen molar-refractivity contribution in [2.24, 2.45) is 0 Å². The maximum Gasteiger partial charge on any atom is 0.326 e. The number of rotatable bonds is 6. The van der Waals surface area contributed by atoms with Crippen LogP contribution in [0.15, 0.2) is 30.3 Å². The average Bonchev–Trinajstić information content (AvgIpc) is 2.36. The number of carbonyl (C=O) groups is 2. The van der Waals surface area contributed by atoms with Crippen LogP contribution in [0.5, 0.6) is 0 Å². The van der Waals surface area contributed by atoms with E-state index >= 15 is 0 Å². The van der Waals surface area contributed by atoms with E-state index in [1.165, 1.54) is 12.2 Å². The van der Waals surface area contributed by atoms with Crippen LogP contribution in [-0.4, -0.2) is 34.7 Å². The molecule has 6 heteroatoms. The molecule has 0 saturated carbocycles. The summed E-state index contributed by atoms with van der Waals surface area (Å²) in [5, 5.41) is 19.8. The number of nitrogens with two attached hydrogens (primary N) is 1. The lowest BCUT2D eigenvalue weighted by atomic mass is 10.2. The van der Waals surface area contributed by atoms with Crippen LogP contribution < -0.4 is 11.1 Å². The zero-order valence-corrected chi connectivity index (χ0v) is 10.2. The highest BCUT2D eigenvalue weighted by atomic mass is 16.4. The lowest BCUT2D eigenvalue weighted by molar-refractivity contribution is -0.141. The van der Waals surface area contributed by atoms with Gasteiger partial charge in [-0.25, -0.2) is 4.79 Å². The van der Waals surface area contributed by atoms with Crippen molar-refractivity contribution >= 4 is 23.6 Å². The van der Waals surface area contributed by atoms with Crippen LogP contribution in [0.1, 0.15) is 12.0 Å². The van der Waals surface area contributed by atoms with Crippen molar-refractivity contribution in [2.75, 3.05) is 12.3 Å². The van der Waals surface area contributed by atoms with Crippen LogP contribution >= 0.6 is 0 Å². The Hall–Kier alpha value is -2.34. The van der Waals surface area contributed by atoms with Gasteiger partial charge in [0, 0.05) is 24.8 Å². The number of carboxylic acid groups (broad SMARTS) is 1. The lowest BCUT2D eigenvalue weighted by Crippen LogP contribution is -2.40. The Morgan fingerprint density at radius 2 is 2.16 bits per heavy atom. The van der Waals surface area contributed by atoms with Gasteiger partial charge in [0.1, 0.15) is 6.04 Å². The van der Waals surface area contributed by atoms with Gasteiger partial charge in [-0.05, 0) is 23.8 Å². The summed E-state index contributed by atoms with van der Waals surface area (Å²) in [4.78, 5) is 22.3. The number of amides is 1. The van der Waals surface area contributed by atoms with Crippen molar-refractivity contribution < 1.29 is 19.8 Å². The van der Waals surface area contributed by atoms with Crippen molar-refractivity contribution in [1.29, 1.82) is 0 Å². The van der Waals surface area contributed by atoms with E-state index in [0.717, 1.165) is 5.56 Å². The first kappa shape index (κ1) is 14.7. The molecule has 1 aromatic carbocycles. The first-order valence-corrected chi connectivity index (χ1v) is 5.70. The maximum atomic E-state index is 11.5. The summed E-state index contributed by atoms with van der Waals surface area (Å²) < 4.78 is 0. The molecule has 0 heterocycles. The van der Waals surface area contributed by atoms with Crippen LogP contribution in [-0.2, 0) is 9.59 Å². The number of aliphatic hydroxyl groups is 1. The summed E-state index contributed by atoms with van der Waals surface area (Å²) in [6.07, 6.45) is 2.72. The van der Waals surface area contributed by atoms with Crippen LogP contribution in [0.3, 0.4) is 0 Å². The van der Waals surface area contributed by atoms with E-state index in [4.69, 9.17) is 15.9 Å². The van der Waals surface area contributed by atoms with Gasteiger partial charge in [-0.2, -0.15) is 0 Å². The van der Waals surface area contributed by atoms with E-state index in [0.29, 0.717) is 5.69 Å². The van der Waals surface area contributed by atoms with E-state index in [1.807, 2.05) is 0 Å². The quantitative estimate of drug-likeness (QED) is 0.434. The van der Waals surface area contributed by atoms with Gasteiger partial charge in [0.15, 0.2) is 0 Å². The van der Waals surface area contributed by atoms with Gasteiger partial charge in [0.05, 0.1) is 0 Å². The Balaban J connectivity index is 2.61. The Bertz CT molecular complexity index is 485. The molecular weight excluding hydrogens is 248 g/mol. The van der Waals surface area contributed by atoms with Gasteiger partial charge in [-0.3, -0.25) is 4.79 Å². The fourth-order valence-corrected chi connectivity index (χ4v) is 1.44. The number of nitrogens with one attached hydrogen (secondary N) is 1. The molecule has 0 aliphatic rings. The molecule has 0 aliphatic carbocycles. The van der Waals surface area contributed by atoms with Crippen molar-refractivity contribution in [3.05, 3.63) is 35.9 Å². The minimum atomic E-state index is -1.18. The molecule has 0 spiro atoms. The van der Waals surface area contributed by atoms with E-state index in [-0.39, 0.29) is 13.0 Å². The summed E-state index contributed by atoms with van der Waals surface area (Å²) in [7, 11) is 0. The average molecular weight is 264 g/mol. The summed E-state index contributed by atoms with van der Waals surface area (Å²) in [5.41, 5.74) is 6.90. The highest BCUT2D eigenvalue weighted by molar-refractivity contribution is 5.94. The second kappa shape index (κ2) is 7.17. The Morgan fingerprint density at radius 1 is 1.42 bits per heavy atom. The Kier molecular flexibility index (Phi) is 5.56. The van der Waals surface area contributed by atoms with E-state index in [2.05, 4.69) is 5.32 Å². The molecule has 1 aromatic rings. The van der Waals surface area contributed by atoms with Gasteiger partial charge >= 0.3 is 5.97 Å². The monoisotopic (exact) mass is 264 g/mol. The number of hydrogen-bond donors (Lipinski definition) is 4. The minimum Gasteiger partial charge on any atom is -0.480 e. The van der Waals surface area contributed by atoms with Gasteiger partial charge < -0.3 is 21.3 Å². The summed E-state index contributed by atoms with van der Waals surface area (Å²) in [6, 6.07) is 5.83. The first-order chi connectivity index (χ1) is 9.02. The number of carboxylic acids is 1. The molecule has 1 atom stereocenters. The number of carbonyl (C=O) groups excluding carboxylic acids is 1. The van der Waals surface area contributed by atoms with Gasteiger partial charge in [-0.1, -0.05) is 12.1 Å². The number of aliphatic carboxylic acids is 1. The fourth-order valence-electron chi connectivity index (χ4n) is 1.44. The number of anilines is 1. The van der Waals surface area contributed by atoms with Crippen LogP contribution in [0.25, 0.3) is 6.08 Å². The van der Waals surface area contributed by atoms with Crippen LogP contribution in [0.4, 0.5) is 5.69 Å². The summed E-state index contributed by atoms with van der Waals surface area (Å²) in [5.74, 6) is -1.72. The van der Waals surface area contributed by atoms with Crippen LogP contribution in [0.2, 0.25) is 0 Å². The highest BCUT2D eigenvalue weighted by Crippen LogP contribution is 2.07. The third-order valence-corrected chi connectivity index (χ3v) is 2.37. The molecular formula is C13H16N2O4. The predicted molar refractivity (Wildman–Crippen MR) is 71.2 cm³/mol. The molecule has 0 fully saturated rings. The lowest BCUT2D eigenvalue weighted by Gasteiger charge is -2.11. The second-order valence-corrected chi connectivity index (χ2v) is 3.92. The zero-order valence-electron chi connectivity index (χ0n) is 10.2. The molecule has 1 amide bonds. The fraction of sp³-hybridized carbons (Fsp3) is 0.231. The first-order valence-electron chi connectivity index (χ1n) is 5.70. The number of nitrogen functional groups attached to an aromatic ring is 1. The Morgan fingerprint density at radius 3 is 2.74 bits per heavy atom. The molecule has 0 saturated heterocycles. The van der Waals surface area contributed by atoms with Crippen molar-refractivity contribution in [1.82, 2.24) is 5.32 Å². The molecule has 1 rings (SSSR count). The minimum absolute atomic E-state index is 0.0345. The largest absolute Gasteiger partial charge is 0.480 e.